The molecule has 21 heavy (non-hydrogen) atoms. The number of halogens is 1. The number of methoxy groups -OCH3 is 1. The number of esters is 1. The lowest BCUT2D eigenvalue weighted by Crippen LogP contribution is -2.22. The van der Waals surface area contributed by atoms with Crippen molar-refractivity contribution in [3.63, 3.8) is 0 Å². The first-order valence-corrected chi connectivity index (χ1v) is 7.09. The van der Waals surface area contributed by atoms with Gasteiger partial charge in [-0.05, 0) is 37.6 Å². The summed E-state index contributed by atoms with van der Waals surface area (Å²) in [6, 6.07) is 11.1. The molecule has 5 heteroatoms. The van der Waals surface area contributed by atoms with Gasteiger partial charge in [0, 0.05) is 11.1 Å². The molecular formula is C16H18ClNO3. The lowest BCUT2D eigenvalue weighted by Gasteiger charge is -2.19. The van der Waals surface area contributed by atoms with E-state index < -0.39 is 5.97 Å². The van der Waals surface area contributed by atoms with Gasteiger partial charge in [-0.15, -0.1) is 0 Å². The Morgan fingerprint density at radius 2 is 1.90 bits per heavy atom. The summed E-state index contributed by atoms with van der Waals surface area (Å²) < 4.78 is 10.1. The fourth-order valence-electron chi connectivity index (χ4n) is 2.17. The van der Waals surface area contributed by atoms with Crippen LogP contribution in [0.15, 0.2) is 40.8 Å². The highest BCUT2D eigenvalue weighted by Gasteiger charge is 2.18. The average molecular weight is 308 g/mol. The van der Waals surface area contributed by atoms with E-state index in [9.17, 15) is 4.79 Å². The predicted molar refractivity (Wildman–Crippen MR) is 81.5 cm³/mol. The van der Waals surface area contributed by atoms with Gasteiger partial charge in [0.2, 0.25) is 5.76 Å². The molecule has 0 amide bonds. The Balaban J connectivity index is 2.07. The second-order valence-electron chi connectivity index (χ2n) is 4.83. The molecule has 0 radical (unpaired) electrons. The zero-order chi connectivity index (χ0) is 15.4. The summed E-state index contributed by atoms with van der Waals surface area (Å²) in [6.07, 6.45) is 0. The Bertz CT molecular complexity index is 623. The molecule has 0 aliphatic rings. The van der Waals surface area contributed by atoms with Crippen LogP contribution in [0.2, 0.25) is 5.02 Å². The van der Waals surface area contributed by atoms with Gasteiger partial charge in [-0.25, -0.2) is 4.79 Å². The largest absolute Gasteiger partial charge is 0.463 e. The Kier molecular flexibility index (Phi) is 5.04. The highest BCUT2D eigenvalue weighted by atomic mass is 35.5. The Labute approximate surface area is 129 Å². The molecule has 2 rings (SSSR count). The van der Waals surface area contributed by atoms with Gasteiger partial charge in [0.1, 0.15) is 5.76 Å². The molecule has 2 atom stereocenters. The summed E-state index contributed by atoms with van der Waals surface area (Å²) in [4.78, 5) is 11.4. The van der Waals surface area contributed by atoms with Crippen LogP contribution >= 0.6 is 11.6 Å². The average Bonchev–Trinajstić information content (AvgIpc) is 2.96. The normalized spacial score (nSPS) is 13.7. The molecule has 0 saturated heterocycles. The zero-order valence-electron chi connectivity index (χ0n) is 12.2. The number of hydrogen-bond acceptors (Lipinski definition) is 4. The summed E-state index contributed by atoms with van der Waals surface area (Å²) in [6.45, 7) is 4.00. The van der Waals surface area contributed by atoms with E-state index in [1.54, 1.807) is 12.1 Å². The number of ether oxygens (including phenoxy) is 1. The fraction of sp³-hybridized carbons (Fsp3) is 0.312. The number of carbonyl (C=O) groups is 1. The maximum Gasteiger partial charge on any atom is 0.373 e. The van der Waals surface area contributed by atoms with Crippen LogP contribution in [0.4, 0.5) is 0 Å². The number of rotatable bonds is 5. The minimum Gasteiger partial charge on any atom is -0.463 e. The van der Waals surface area contributed by atoms with Crippen molar-refractivity contribution in [2.24, 2.45) is 0 Å². The molecule has 4 nitrogen and oxygen atoms in total. The molecule has 0 spiro atoms. The van der Waals surface area contributed by atoms with Crippen molar-refractivity contribution < 1.29 is 13.9 Å². The van der Waals surface area contributed by atoms with E-state index in [-0.39, 0.29) is 17.8 Å². The highest BCUT2D eigenvalue weighted by molar-refractivity contribution is 6.31. The minimum absolute atomic E-state index is 0.0559. The standard InChI is InChI=1S/C16H18ClNO3/c1-10(12-6-4-5-7-13(12)17)18-11(2)14-8-9-15(21-14)16(19)20-3/h4-11,18H,1-3H3/t10-,11?/m0/s1. The van der Waals surface area contributed by atoms with Gasteiger partial charge in [-0.1, -0.05) is 29.8 Å². The third-order valence-corrected chi connectivity index (χ3v) is 3.66. The molecule has 1 N–H and O–H groups in total. The first-order valence-electron chi connectivity index (χ1n) is 6.71. The van der Waals surface area contributed by atoms with E-state index in [2.05, 4.69) is 10.1 Å². The van der Waals surface area contributed by atoms with Crippen LogP contribution in [0.3, 0.4) is 0 Å². The van der Waals surface area contributed by atoms with E-state index >= 15 is 0 Å². The lowest BCUT2D eigenvalue weighted by atomic mass is 10.1. The first-order chi connectivity index (χ1) is 10.0. The monoisotopic (exact) mass is 307 g/mol. The SMILES string of the molecule is COC(=O)c1ccc(C(C)N[C@@H](C)c2ccccc2Cl)o1. The Morgan fingerprint density at radius 1 is 1.19 bits per heavy atom. The van der Waals surface area contributed by atoms with Crippen LogP contribution in [0, 0.1) is 0 Å². The molecular weight excluding hydrogens is 290 g/mol. The van der Waals surface area contributed by atoms with Crippen molar-refractivity contribution >= 4 is 17.6 Å². The third-order valence-electron chi connectivity index (χ3n) is 3.31. The van der Waals surface area contributed by atoms with Crippen LogP contribution in [0.25, 0.3) is 0 Å². The summed E-state index contributed by atoms with van der Waals surface area (Å²) >= 11 is 6.19. The third kappa shape index (κ3) is 3.65. The van der Waals surface area contributed by atoms with E-state index in [1.807, 2.05) is 38.1 Å². The van der Waals surface area contributed by atoms with Gasteiger partial charge in [-0.3, -0.25) is 0 Å². The van der Waals surface area contributed by atoms with Crippen LogP contribution in [-0.2, 0) is 4.74 Å². The summed E-state index contributed by atoms with van der Waals surface area (Å²) in [7, 11) is 1.33. The number of furan rings is 1. The molecule has 2 aromatic rings. The van der Waals surface area contributed by atoms with Crippen LogP contribution in [0.5, 0.6) is 0 Å². The van der Waals surface area contributed by atoms with Gasteiger partial charge in [0.05, 0.1) is 13.2 Å². The highest BCUT2D eigenvalue weighted by Crippen LogP contribution is 2.25. The summed E-state index contributed by atoms with van der Waals surface area (Å²) in [5.41, 5.74) is 1.02. The molecule has 0 aliphatic heterocycles. The Morgan fingerprint density at radius 3 is 2.57 bits per heavy atom. The topological polar surface area (TPSA) is 51.5 Å². The predicted octanol–water partition coefficient (Wildman–Crippen LogP) is 4.13. The molecule has 112 valence electrons. The number of carbonyl (C=O) groups excluding carboxylic acids is 1. The number of benzene rings is 1. The quantitative estimate of drug-likeness (QED) is 0.844. The molecule has 0 saturated carbocycles. The molecule has 0 bridgehead atoms. The molecule has 0 aliphatic carbocycles. The molecule has 1 unspecified atom stereocenters. The van der Waals surface area contributed by atoms with Crippen molar-refractivity contribution in [3.8, 4) is 0 Å². The van der Waals surface area contributed by atoms with Crippen molar-refractivity contribution in [2.75, 3.05) is 7.11 Å². The maximum atomic E-state index is 11.4. The summed E-state index contributed by atoms with van der Waals surface area (Å²) in [5, 5.41) is 4.11. The molecule has 1 aromatic heterocycles. The first kappa shape index (κ1) is 15.6. The van der Waals surface area contributed by atoms with Gasteiger partial charge in [0.15, 0.2) is 0 Å². The van der Waals surface area contributed by atoms with E-state index in [1.165, 1.54) is 7.11 Å². The van der Waals surface area contributed by atoms with Crippen molar-refractivity contribution in [2.45, 2.75) is 25.9 Å². The van der Waals surface area contributed by atoms with Crippen molar-refractivity contribution in [1.29, 1.82) is 0 Å². The second kappa shape index (κ2) is 6.78. The van der Waals surface area contributed by atoms with E-state index in [4.69, 9.17) is 16.0 Å². The number of hydrogen-bond donors (Lipinski definition) is 1. The fourth-order valence-corrected chi connectivity index (χ4v) is 2.47. The van der Waals surface area contributed by atoms with Crippen LogP contribution in [-0.4, -0.2) is 13.1 Å². The second-order valence-corrected chi connectivity index (χ2v) is 5.23. The van der Waals surface area contributed by atoms with Gasteiger partial charge >= 0.3 is 5.97 Å². The number of nitrogens with one attached hydrogen (secondary N) is 1. The van der Waals surface area contributed by atoms with Crippen LogP contribution < -0.4 is 5.32 Å². The van der Waals surface area contributed by atoms with E-state index in [0.29, 0.717) is 5.76 Å². The van der Waals surface area contributed by atoms with Crippen molar-refractivity contribution in [1.82, 2.24) is 5.32 Å². The minimum atomic E-state index is -0.479. The van der Waals surface area contributed by atoms with Gasteiger partial charge in [0.25, 0.3) is 0 Å². The van der Waals surface area contributed by atoms with Crippen molar-refractivity contribution in [3.05, 3.63) is 58.5 Å². The molecule has 1 aromatic carbocycles. The lowest BCUT2D eigenvalue weighted by molar-refractivity contribution is 0.0562. The Hall–Kier alpha value is -1.78. The van der Waals surface area contributed by atoms with Crippen LogP contribution in [0.1, 0.15) is 47.8 Å². The summed E-state index contributed by atoms with van der Waals surface area (Å²) in [5.74, 6) is 0.397. The molecule has 1 heterocycles. The van der Waals surface area contributed by atoms with Gasteiger partial charge in [-0.2, -0.15) is 0 Å². The van der Waals surface area contributed by atoms with E-state index in [0.717, 1.165) is 10.6 Å². The maximum absolute atomic E-state index is 11.4. The molecule has 0 fully saturated rings. The smallest absolute Gasteiger partial charge is 0.373 e. The zero-order valence-corrected chi connectivity index (χ0v) is 13.0. The van der Waals surface area contributed by atoms with Gasteiger partial charge < -0.3 is 14.5 Å².